The smallest absolute Gasteiger partial charge is 0.336 e. The van der Waals surface area contributed by atoms with Crippen molar-refractivity contribution >= 4 is 23.3 Å². The quantitative estimate of drug-likeness (QED) is 0.485. The minimum atomic E-state index is -0.540. The van der Waals surface area contributed by atoms with Crippen LogP contribution in [0, 0.1) is 22.7 Å². The first-order chi connectivity index (χ1) is 13.5. The van der Waals surface area contributed by atoms with Crippen molar-refractivity contribution in [2.45, 2.75) is 26.7 Å². The summed E-state index contributed by atoms with van der Waals surface area (Å²) in [6.45, 7) is 4.12. The largest absolute Gasteiger partial charge is 0.473 e. The molecule has 0 radical (unpaired) electrons. The van der Waals surface area contributed by atoms with Crippen molar-refractivity contribution in [2.75, 3.05) is 12.2 Å². The number of hydrogen-bond acceptors (Lipinski definition) is 5. The molecule has 0 atom stereocenters. The summed E-state index contributed by atoms with van der Waals surface area (Å²) in [6.07, 6.45) is 1.78. The molecule has 144 valence electrons. The van der Waals surface area contributed by atoms with Gasteiger partial charge in [-0.3, -0.25) is 10.9 Å². The second-order valence-corrected chi connectivity index (χ2v) is 6.20. The molecule has 0 aliphatic rings. The average molecular weight is 398 g/mol. The van der Waals surface area contributed by atoms with E-state index in [1.807, 2.05) is 31.2 Å². The SMILES string of the molecule is CCc1ccc(OCNC(=O)NNc2cc(C#N)c(C#N)cc2Cl)c(CC)c1. The molecule has 0 heterocycles. The maximum atomic E-state index is 11.9. The summed E-state index contributed by atoms with van der Waals surface area (Å²) in [6, 6.07) is 12.0. The molecule has 2 aromatic rings. The number of halogens is 1. The lowest BCUT2D eigenvalue weighted by Gasteiger charge is -2.14. The number of urea groups is 1. The molecule has 2 rings (SSSR count). The lowest BCUT2D eigenvalue weighted by molar-refractivity contribution is 0.225. The number of nitrogens with zero attached hydrogens (tertiary/aromatic N) is 2. The number of hydrogen-bond donors (Lipinski definition) is 3. The first-order valence-electron chi connectivity index (χ1n) is 8.70. The third-order valence-corrected chi connectivity index (χ3v) is 4.35. The number of anilines is 1. The molecule has 2 aromatic carbocycles. The molecule has 0 bridgehead atoms. The monoisotopic (exact) mass is 397 g/mol. The predicted molar refractivity (Wildman–Crippen MR) is 107 cm³/mol. The number of amides is 2. The maximum absolute atomic E-state index is 11.9. The Hall–Kier alpha value is -3.42. The molecule has 8 heteroatoms. The highest BCUT2D eigenvalue weighted by molar-refractivity contribution is 6.33. The third-order valence-electron chi connectivity index (χ3n) is 4.03. The van der Waals surface area contributed by atoms with E-state index in [0.29, 0.717) is 5.69 Å². The molecule has 0 aliphatic carbocycles. The van der Waals surface area contributed by atoms with Gasteiger partial charge in [0.15, 0.2) is 6.73 Å². The molecule has 0 aromatic heterocycles. The van der Waals surface area contributed by atoms with E-state index in [9.17, 15) is 4.79 Å². The molecular formula is C20H20ClN5O2. The van der Waals surface area contributed by atoms with Gasteiger partial charge in [0.2, 0.25) is 0 Å². The summed E-state index contributed by atoms with van der Waals surface area (Å²) in [5, 5.41) is 20.8. The Morgan fingerprint density at radius 1 is 1.11 bits per heavy atom. The highest BCUT2D eigenvalue weighted by atomic mass is 35.5. The van der Waals surface area contributed by atoms with Gasteiger partial charge in [0.05, 0.1) is 21.8 Å². The van der Waals surface area contributed by atoms with E-state index < -0.39 is 6.03 Å². The lowest BCUT2D eigenvalue weighted by Crippen LogP contribution is -2.40. The van der Waals surface area contributed by atoms with Gasteiger partial charge < -0.3 is 10.1 Å². The Morgan fingerprint density at radius 3 is 2.46 bits per heavy atom. The van der Waals surface area contributed by atoms with Gasteiger partial charge in [0, 0.05) is 0 Å². The molecule has 28 heavy (non-hydrogen) atoms. The molecule has 7 nitrogen and oxygen atoms in total. The highest BCUT2D eigenvalue weighted by Gasteiger charge is 2.09. The van der Waals surface area contributed by atoms with Gasteiger partial charge >= 0.3 is 6.03 Å². The number of nitrogens with one attached hydrogen (secondary N) is 3. The second-order valence-electron chi connectivity index (χ2n) is 5.80. The molecule has 0 spiro atoms. The zero-order chi connectivity index (χ0) is 20.5. The van der Waals surface area contributed by atoms with Crippen LogP contribution in [0.3, 0.4) is 0 Å². The van der Waals surface area contributed by atoms with Crippen molar-refractivity contribution < 1.29 is 9.53 Å². The second kappa shape index (κ2) is 10.1. The first-order valence-corrected chi connectivity index (χ1v) is 9.08. The van der Waals surface area contributed by atoms with Crippen LogP contribution in [-0.4, -0.2) is 12.8 Å². The van der Waals surface area contributed by atoms with Crippen molar-refractivity contribution in [3.05, 3.63) is 57.6 Å². The van der Waals surface area contributed by atoms with E-state index in [0.717, 1.165) is 24.2 Å². The molecule has 0 aliphatic heterocycles. The van der Waals surface area contributed by atoms with Crippen LogP contribution in [0.5, 0.6) is 5.75 Å². The van der Waals surface area contributed by atoms with Crippen LogP contribution in [0.25, 0.3) is 0 Å². The van der Waals surface area contributed by atoms with Gasteiger partial charge in [0.25, 0.3) is 0 Å². The normalized spacial score (nSPS) is 9.75. The number of nitriles is 2. The lowest BCUT2D eigenvalue weighted by atomic mass is 10.1. The van der Waals surface area contributed by atoms with Crippen LogP contribution in [0.1, 0.15) is 36.1 Å². The number of aryl methyl sites for hydroxylation is 2. The Labute approximate surface area is 168 Å². The van der Waals surface area contributed by atoms with Crippen LogP contribution in [0.15, 0.2) is 30.3 Å². The number of hydrazine groups is 1. The summed E-state index contributed by atoms with van der Waals surface area (Å²) < 4.78 is 5.64. The van der Waals surface area contributed by atoms with Crippen LogP contribution in [0.4, 0.5) is 10.5 Å². The van der Waals surface area contributed by atoms with Crippen LogP contribution in [-0.2, 0) is 12.8 Å². The van der Waals surface area contributed by atoms with Gasteiger partial charge in [-0.2, -0.15) is 10.5 Å². The minimum absolute atomic E-state index is 0.0173. The molecule has 0 fully saturated rings. The minimum Gasteiger partial charge on any atom is -0.473 e. The molecule has 0 saturated heterocycles. The van der Waals surface area contributed by atoms with Crippen LogP contribution in [0.2, 0.25) is 5.02 Å². The standard InChI is InChI=1S/C20H20ClN5O2/c1-3-13-5-6-19(14(4-2)7-13)28-12-24-20(27)26-25-18-9-16(11-23)15(10-22)8-17(18)21/h5-9,25H,3-4,12H2,1-2H3,(H2,24,26,27). The number of ether oxygens (including phenoxy) is 1. The Morgan fingerprint density at radius 2 is 1.82 bits per heavy atom. The van der Waals surface area contributed by atoms with Crippen molar-refractivity contribution in [3.63, 3.8) is 0 Å². The number of rotatable bonds is 7. The molecule has 0 unspecified atom stereocenters. The van der Waals surface area contributed by atoms with E-state index in [-0.39, 0.29) is 22.9 Å². The van der Waals surface area contributed by atoms with Gasteiger partial charge in [-0.15, -0.1) is 0 Å². The van der Waals surface area contributed by atoms with Gasteiger partial charge in [-0.05, 0) is 42.2 Å². The zero-order valence-corrected chi connectivity index (χ0v) is 16.4. The van der Waals surface area contributed by atoms with Crippen molar-refractivity contribution in [1.29, 1.82) is 10.5 Å². The fourth-order valence-corrected chi connectivity index (χ4v) is 2.68. The Bertz CT molecular complexity index is 947. The number of benzene rings is 2. The van der Waals surface area contributed by atoms with Gasteiger partial charge in [-0.25, -0.2) is 4.79 Å². The summed E-state index contributed by atoms with van der Waals surface area (Å²) in [5.74, 6) is 0.724. The van der Waals surface area contributed by atoms with E-state index in [2.05, 4.69) is 29.2 Å². The van der Waals surface area contributed by atoms with E-state index in [1.54, 1.807) is 0 Å². The summed E-state index contributed by atoms with van der Waals surface area (Å²) in [4.78, 5) is 11.9. The number of carbonyl (C=O) groups is 1. The first kappa shape index (κ1) is 20.9. The fraction of sp³-hybridized carbons (Fsp3) is 0.250. The van der Waals surface area contributed by atoms with E-state index in [1.165, 1.54) is 17.7 Å². The Balaban J connectivity index is 1.89. The van der Waals surface area contributed by atoms with E-state index in [4.69, 9.17) is 26.9 Å². The molecule has 3 N–H and O–H groups in total. The number of carbonyl (C=O) groups excluding carboxylic acids is 1. The molecular weight excluding hydrogens is 378 g/mol. The average Bonchev–Trinajstić information content (AvgIpc) is 2.72. The van der Waals surface area contributed by atoms with Crippen molar-refractivity contribution in [3.8, 4) is 17.9 Å². The summed E-state index contributed by atoms with van der Waals surface area (Å²) in [5.41, 5.74) is 7.95. The van der Waals surface area contributed by atoms with Crippen molar-refractivity contribution in [2.24, 2.45) is 0 Å². The molecule has 0 saturated carbocycles. The summed E-state index contributed by atoms with van der Waals surface area (Å²) in [7, 11) is 0. The predicted octanol–water partition coefficient (Wildman–Crippen LogP) is 3.87. The molecule has 2 amide bonds. The van der Waals surface area contributed by atoms with Crippen LogP contribution < -0.4 is 20.9 Å². The fourth-order valence-electron chi connectivity index (χ4n) is 2.47. The van der Waals surface area contributed by atoms with Crippen LogP contribution >= 0.6 is 11.6 Å². The van der Waals surface area contributed by atoms with E-state index >= 15 is 0 Å². The topological polar surface area (TPSA) is 110 Å². The van der Waals surface area contributed by atoms with Gasteiger partial charge in [-0.1, -0.05) is 37.6 Å². The highest BCUT2D eigenvalue weighted by Crippen LogP contribution is 2.25. The maximum Gasteiger partial charge on any atom is 0.336 e. The summed E-state index contributed by atoms with van der Waals surface area (Å²) >= 11 is 6.04. The Kier molecular flexibility index (Phi) is 7.50. The van der Waals surface area contributed by atoms with Gasteiger partial charge in [0.1, 0.15) is 17.9 Å². The zero-order valence-electron chi connectivity index (χ0n) is 15.6. The third kappa shape index (κ3) is 5.29. The van der Waals surface area contributed by atoms with Crippen molar-refractivity contribution in [1.82, 2.24) is 10.7 Å².